The maximum absolute atomic E-state index is 10.9. The summed E-state index contributed by atoms with van der Waals surface area (Å²) in [4.78, 5) is 17.5. The molecule has 0 aliphatic carbocycles. The second-order valence-corrected chi connectivity index (χ2v) is 5.36. The van der Waals surface area contributed by atoms with Crippen molar-refractivity contribution < 1.29 is 14.6 Å². The van der Waals surface area contributed by atoms with Crippen molar-refractivity contribution in [1.29, 1.82) is 0 Å². The molecule has 2 N–H and O–H groups in total. The summed E-state index contributed by atoms with van der Waals surface area (Å²) in [5.74, 6) is -0.360. The normalized spacial score (nSPS) is 26.2. The summed E-state index contributed by atoms with van der Waals surface area (Å²) in [6.07, 6.45) is 4.14. The largest absolute Gasteiger partial charge is 0.478 e. The van der Waals surface area contributed by atoms with E-state index >= 15 is 0 Å². The van der Waals surface area contributed by atoms with E-state index in [1.54, 1.807) is 6.07 Å². The first-order valence-corrected chi connectivity index (χ1v) is 7.01. The molecule has 0 radical (unpaired) electrons. The van der Waals surface area contributed by atoms with Crippen molar-refractivity contribution in [3.8, 4) is 0 Å². The van der Waals surface area contributed by atoms with E-state index in [-0.39, 0.29) is 11.7 Å². The number of nitrogens with one attached hydrogen (secondary N) is 1. The van der Waals surface area contributed by atoms with Crippen LogP contribution in [-0.4, -0.2) is 59.3 Å². The van der Waals surface area contributed by atoms with Crippen LogP contribution >= 0.6 is 0 Å². The van der Waals surface area contributed by atoms with Gasteiger partial charge >= 0.3 is 5.97 Å². The van der Waals surface area contributed by atoms with Crippen LogP contribution in [0.1, 0.15) is 23.2 Å². The molecule has 0 spiro atoms. The standard InChI is InChI=1S/C14H19N3O3/c18-14(19)10-3-4-15-13(6-10)16-7-12-8-17-5-1-2-11(17)9-20-12/h3-4,6,11-12H,1-2,5,7-9H2,(H,15,16)(H,18,19). The molecule has 6 heteroatoms. The highest BCUT2D eigenvalue weighted by Crippen LogP contribution is 2.22. The van der Waals surface area contributed by atoms with E-state index in [1.165, 1.54) is 25.1 Å². The number of nitrogens with zero attached hydrogens (tertiary/aromatic N) is 2. The third-order valence-electron chi connectivity index (χ3n) is 3.98. The van der Waals surface area contributed by atoms with Gasteiger partial charge < -0.3 is 15.2 Å². The Morgan fingerprint density at radius 2 is 2.50 bits per heavy atom. The zero-order chi connectivity index (χ0) is 13.9. The number of fused-ring (bicyclic) bond motifs is 1. The van der Waals surface area contributed by atoms with Gasteiger partial charge in [0.05, 0.1) is 18.3 Å². The summed E-state index contributed by atoms with van der Waals surface area (Å²) >= 11 is 0. The maximum Gasteiger partial charge on any atom is 0.335 e. The fourth-order valence-electron chi connectivity index (χ4n) is 2.89. The maximum atomic E-state index is 10.9. The summed E-state index contributed by atoms with van der Waals surface area (Å²) < 4.78 is 5.84. The Balaban J connectivity index is 1.54. The number of carboxylic acids is 1. The molecule has 0 aromatic carbocycles. The Labute approximate surface area is 117 Å². The second-order valence-electron chi connectivity index (χ2n) is 5.36. The summed E-state index contributed by atoms with van der Waals surface area (Å²) in [5, 5.41) is 12.1. The second kappa shape index (κ2) is 5.76. The van der Waals surface area contributed by atoms with E-state index in [4.69, 9.17) is 9.84 Å². The number of aromatic nitrogens is 1. The van der Waals surface area contributed by atoms with Crippen LogP contribution in [0, 0.1) is 0 Å². The van der Waals surface area contributed by atoms with E-state index < -0.39 is 5.97 Å². The summed E-state index contributed by atoms with van der Waals surface area (Å²) in [6, 6.07) is 3.63. The van der Waals surface area contributed by atoms with Gasteiger partial charge in [-0.3, -0.25) is 4.90 Å². The van der Waals surface area contributed by atoms with Crippen molar-refractivity contribution in [2.24, 2.45) is 0 Å². The molecule has 1 aromatic heterocycles. The number of hydrogen-bond donors (Lipinski definition) is 2. The van der Waals surface area contributed by atoms with Crippen LogP contribution in [0.3, 0.4) is 0 Å². The van der Waals surface area contributed by atoms with Gasteiger partial charge in [0.1, 0.15) is 5.82 Å². The van der Waals surface area contributed by atoms with Crippen LogP contribution < -0.4 is 5.32 Å². The Morgan fingerprint density at radius 1 is 1.60 bits per heavy atom. The van der Waals surface area contributed by atoms with E-state index in [9.17, 15) is 4.79 Å². The molecule has 0 saturated carbocycles. The average Bonchev–Trinajstić information content (AvgIpc) is 2.93. The van der Waals surface area contributed by atoms with Crippen molar-refractivity contribution >= 4 is 11.8 Å². The highest BCUT2D eigenvalue weighted by molar-refractivity contribution is 5.88. The van der Waals surface area contributed by atoms with Crippen molar-refractivity contribution in [3.05, 3.63) is 23.9 Å². The Morgan fingerprint density at radius 3 is 3.35 bits per heavy atom. The average molecular weight is 277 g/mol. The van der Waals surface area contributed by atoms with Gasteiger partial charge in [0.2, 0.25) is 0 Å². The van der Waals surface area contributed by atoms with Gasteiger partial charge in [0.25, 0.3) is 0 Å². The smallest absolute Gasteiger partial charge is 0.335 e. The van der Waals surface area contributed by atoms with E-state index in [0.717, 1.165) is 19.7 Å². The van der Waals surface area contributed by atoms with Crippen molar-refractivity contribution in [2.75, 3.05) is 31.6 Å². The number of pyridine rings is 1. The highest BCUT2D eigenvalue weighted by Gasteiger charge is 2.31. The molecule has 0 amide bonds. The molecular weight excluding hydrogens is 258 g/mol. The zero-order valence-electron chi connectivity index (χ0n) is 11.3. The summed E-state index contributed by atoms with van der Waals surface area (Å²) in [7, 11) is 0. The lowest BCUT2D eigenvalue weighted by atomic mass is 10.2. The third-order valence-corrected chi connectivity index (χ3v) is 3.98. The number of rotatable bonds is 4. The number of hydrogen-bond acceptors (Lipinski definition) is 5. The lowest BCUT2D eigenvalue weighted by Gasteiger charge is -2.35. The molecule has 6 nitrogen and oxygen atoms in total. The molecule has 2 fully saturated rings. The van der Waals surface area contributed by atoms with Gasteiger partial charge in [-0.25, -0.2) is 9.78 Å². The molecule has 3 rings (SSSR count). The topological polar surface area (TPSA) is 74.7 Å². The minimum Gasteiger partial charge on any atom is -0.478 e. The van der Waals surface area contributed by atoms with Crippen molar-refractivity contribution in [1.82, 2.24) is 9.88 Å². The Hall–Kier alpha value is -1.66. The van der Waals surface area contributed by atoms with Crippen LogP contribution in [0.15, 0.2) is 18.3 Å². The van der Waals surface area contributed by atoms with Gasteiger partial charge in [-0.05, 0) is 31.5 Å². The minimum atomic E-state index is -0.940. The van der Waals surface area contributed by atoms with Gasteiger partial charge in [0, 0.05) is 25.3 Å². The fraction of sp³-hybridized carbons (Fsp3) is 0.571. The number of carbonyl (C=O) groups is 1. The lowest BCUT2D eigenvalue weighted by molar-refractivity contribution is -0.0416. The van der Waals surface area contributed by atoms with Gasteiger partial charge in [-0.1, -0.05) is 0 Å². The molecule has 3 heterocycles. The quantitative estimate of drug-likeness (QED) is 0.857. The zero-order valence-corrected chi connectivity index (χ0v) is 11.3. The van der Waals surface area contributed by atoms with E-state index in [0.29, 0.717) is 18.4 Å². The predicted octanol–water partition coefficient (Wildman–Crippen LogP) is 1.05. The van der Waals surface area contributed by atoms with Crippen LogP contribution in [0.2, 0.25) is 0 Å². The molecule has 2 aliphatic rings. The summed E-state index contributed by atoms with van der Waals surface area (Å²) in [6.45, 7) is 3.56. The highest BCUT2D eigenvalue weighted by atomic mass is 16.5. The van der Waals surface area contributed by atoms with Crippen LogP contribution in [0.5, 0.6) is 0 Å². The first kappa shape index (κ1) is 13.3. The Bertz CT molecular complexity index is 494. The molecule has 1 aromatic rings. The minimum absolute atomic E-state index is 0.139. The number of morpholine rings is 1. The molecule has 20 heavy (non-hydrogen) atoms. The first-order chi connectivity index (χ1) is 9.72. The predicted molar refractivity (Wildman–Crippen MR) is 74.0 cm³/mol. The van der Waals surface area contributed by atoms with Crippen LogP contribution in [0.25, 0.3) is 0 Å². The first-order valence-electron chi connectivity index (χ1n) is 7.01. The van der Waals surface area contributed by atoms with Crippen molar-refractivity contribution in [3.63, 3.8) is 0 Å². The molecular formula is C14H19N3O3. The molecule has 2 atom stereocenters. The monoisotopic (exact) mass is 277 g/mol. The fourth-order valence-corrected chi connectivity index (χ4v) is 2.89. The number of ether oxygens (including phenoxy) is 1. The molecule has 2 unspecified atom stereocenters. The number of anilines is 1. The van der Waals surface area contributed by atoms with Gasteiger partial charge in [-0.15, -0.1) is 0 Å². The van der Waals surface area contributed by atoms with Crippen LogP contribution in [-0.2, 0) is 4.74 Å². The van der Waals surface area contributed by atoms with Crippen molar-refractivity contribution in [2.45, 2.75) is 25.0 Å². The number of carboxylic acid groups (broad SMARTS) is 1. The Kier molecular flexibility index (Phi) is 3.84. The third kappa shape index (κ3) is 2.91. The van der Waals surface area contributed by atoms with E-state index in [1.807, 2.05) is 0 Å². The molecule has 0 bridgehead atoms. The molecule has 2 aliphatic heterocycles. The SMILES string of the molecule is O=C(O)c1ccnc(NCC2CN3CCCC3CO2)c1. The summed E-state index contributed by atoms with van der Waals surface area (Å²) in [5.41, 5.74) is 0.242. The molecule has 2 saturated heterocycles. The van der Waals surface area contributed by atoms with Gasteiger partial charge in [0.15, 0.2) is 0 Å². The lowest BCUT2D eigenvalue weighted by Crippen LogP contribution is -2.48. The van der Waals surface area contributed by atoms with Crippen LogP contribution in [0.4, 0.5) is 5.82 Å². The molecule has 108 valence electrons. The van der Waals surface area contributed by atoms with E-state index in [2.05, 4.69) is 15.2 Å². The number of aromatic carboxylic acids is 1. The van der Waals surface area contributed by atoms with Gasteiger partial charge in [-0.2, -0.15) is 0 Å².